The summed E-state index contributed by atoms with van der Waals surface area (Å²) in [6.07, 6.45) is 4.04. The maximum atomic E-state index is 14.1. The summed E-state index contributed by atoms with van der Waals surface area (Å²) in [4.78, 5) is 48.6. The smallest absolute Gasteiger partial charge is 0.657 e. The van der Waals surface area contributed by atoms with Crippen LogP contribution in [0.4, 0.5) is 0 Å². The fourth-order valence-electron chi connectivity index (χ4n) is 6.77. The van der Waals surface area contributed by atoms with Crippen molar-refractivity contribution in [2.75, 3.05) is 0 Å². The average Bonchev–Trinajstić information content (AvgIpc) is 3.99. The number of rotatable bonds is 4. The first-order chi connectivity index (χ1) is 24.6. The molecular weight excluding hydrogens is 812 g/mol. The number of ketones is 2. The fourth-order valence-corrected chi connectivity index (χ4v) is 6.77. The molecule has 0 aliphatic carbocycles. The Morgan fingerprint density at radius 1 is 0.353 bits per heavy atom. The number of hydrogen-bond donors (Lipinski definition) is 0. The maximum Gasteiger partial charge on any atom is 2.00 e. The Balaban J connectivity index is 0.00000374. The molecule has 0 fully saturated rings. The third-order valence-corrected chi connectivity index (χ3v) is 9.04. The van der Waals surface area contributed by atoms with Crippen molar-refractivity contribution in [2.24, 2.45) is 0 Å². The molecule has 0 radical (unpaired) electrons. The third-order valence-electron chi connectivity index (χ3n) is 9.04. The van der Waals surface area contributed by atoms with E-state index in [4.69, 9.17) is 19.9 Å². The molecule has 0 spiro atoms. The molecule has 3 aromatic heterocycles. The van der Waals surface area contributed by atoms with Gasteiger partial charge in [-0.05, 0) is 56.7 Å². The van der Waals surface area contributed by atoms with E-state index in [1.807, 2.05) is 158 Å². The summed E-state index contributed by atoms with van der Waals surface area (Å²) in [7, 11) is 0. The summed E-state index contributed by atoms with van der Waals surface area (Å²) in [6, 6.07) is 46.7. The Labute approximate surface area is 307 Å². The zero-order chi connectivity index (χ0) is 33.6. The molecule has 7 heteroatoms. The Bertz CT molecular complexity index is 2480. The second kappa shape index (κ2) is 13.2. The van der Waals surface area contributed by atoms with Crippen LogP contribution in [0.2, 0.25) is 0 Å². The second-order valence-electron chi connectivity index (χ2n) is 12.1. The first kappa shape index (κ1) is 32.0. The standard InChI is InChI=1S/C44H28N4O2.Pt/c49-43-41-39(29-17-9-3-10-18-29)35-25-23-33(46-35)37(27-13-5-1-6-14-27)31-21-22-32(45-31)38(28-15-7-2-8-16-28)34-24-26-36(47-34)40(42(48-41)44(43)50)30-19-11-4-12-20-30;/h1-26H,(H2,45,46,47,48,49,50);/q;+2/p-2. The van der Waals surface area contributed by atoms with Gasteiger partial charge in [0.1, 0.15) is 11.4 Å². The van der Waals surface area contributed by atoms with Gasteiger partial charge in [0.2, 0.25) is 0 Å². The molecule has 0 N–H and O–H groups in total. The van der Waals surface area contributed by atoms with Gasteiger partial charge in [-0.25, -0.2) is 9.97 Å². The minimum absolute atomic E-state index is 0. The number of fused-ring (bicyclic) bond motifs is 8. The molecule has 9 rings (SSSR count). The molecule has 7 aromatic rings. The molecule has 5 heterocycles. The zero-order valence-corrected chi connectivity index (χ0v) is 29.2. The molecular formula is C44H26N4O2Pt. The van der Waals surface area contributed by atoms with E-state index in [2.05, 4.69) is 0 Å². The molecule has 244 valence electrons. The number of nitrogens with zero attached hydrogens (tertiary/aromatic N) is 4. The molecule has 8 bridgehead atoms. The molecule has 0 atom stereocenters. The van der Waals surface area contributed by atoms with E-state index in [1.165, 1.54) is 0 Å². The van der Waals surface area contributed by atoms with Gasteiger partial charge in [0.25, 0.3) is 11.6 Å². The van der Waals surface area contributed by atoms with Crippen LogP contribution >= 0.6 is 0 Å². The van der Waals surface area contributed by atoms with Crippen molar-refractivity contribution in [1.82, 2.24) is 19.9 Å². The minimum atomic E-state index is -0.682. The van der Waals surface area contributed by atoms with Crippen LogP contribution in [0.15, 0.2) is 146 Å². The summed E-state index contributed by atoms with van der Waals surface area (Å²) in [5.74, 6) is -1.36. The van der Waals surface area contributed by atoms with Crippen molar-refractivity contribution in [3.63, 3.8) is 0 Å². The van der Waals surface area contributed by atoms with E-state index in [-0.39, 0.29) is 32.5 Å². The van der Waals surface area contributed by atoms with Crippen LogP contribution in [0.3, 0.4) is 0 Å². The summed E-state index contributed by atoms with van der Waals surface area (Å²) in [5.41, 5.74) is 10.1. The van der Waals surface area contributed by atoms with Crippen LogP contribution in [-0.4, -0.2) is 21.5 Å². The van der Waals surface area contributed by atoms with E-state index in [0.717, 1.165) is 44.8 Å². The van der Waals surface area contributed by atoms with E-state index in [0.29, 0.717) is 33.2 Å². The Hall–Kier alpha value is -6.23. The first-order valence-electron chi connectivity index (χ1n) is 16.3. The van der Waals surface area contributed by atoms with Crippen LogP contribution in [0.5, 0.6) is 0 Å². The number of carbonyl (C=O) groups is 2. The second-order valence-corrected chi connectivity index (χ2v) is 12.1. The number of Topliss-reactive ketones (excluding diaryl/α,β-unsaturated/α-hetero) is 2. The van der Waals surface area contributed by atoms with Crippen molar-refractivity contribution >= 4 is 45.8 Å². The Morgan fingerprint density at radius 2 is 0.647 bits per heavy atom. The molecule has 2 aliphatic rings. The first-order valence-corrected chi connectivity index (χ1v) is 16.3. The van der Waals surface area contributed by atoms with Gasteiger partial charge in [-0.3, -0.25) is 9.59 Å². The van der Waals surface area contributed by atoms with E-state index in [1.54, 1.807) is 0 Å². The number of carbonyl (C=O) groups excluding carboxylic acids is 2. The summed E-state index contributed by atoms with van der Waals surface area (Å²) < 4.78 is 0. The Morgan fingerprint density at radius 3 is 0.980 bits per heavy atom. The third kappa shape index (κ3) is 5.60. The molecule has 0 saturated heterocycles. The van der Waals surface area contributed by atoms with Crippen molar-refractivity contribution in [1.29, 1.82) is 0 Å². The quantitative estimate of drug-likeness (QED) is 0.164. The topological polar surface area (TPSA) is 88.1 Å². The van der Waals surface area contributed by atoms with Crippen LogP contribution in [-0.2, 0) is 21.1 Å². The van der Waals surface area contributed by atoms with Gasteiger partial charge in [0.15, 0.2) is 0 Å². The SMILES string of the molecule is O=C1C(=O)c2nc1c(-c1ccccc1)c1ccc([n-]1)c(-c1ccccc1)c1nc(c(-c3ccccc3)c3ccc([n-]3)c2-c2ccccc2)C=C1.[Pt+2]. The monoisotopic (exact) mass is 837 g/mol. The van der Waals surface area contributed by atoms with E-state index in [9.17, 15) is 9.59 Å². The van der Waals surface area contributed by atoms with Gasteiger partial charge in [-0.15, -0.1) is 22.1 Å². The molecule has 2 aliphatic heterocycles. The largest absolute Gasteiger partial charge is 2.00 e. The maximum absolute atomic E-state index is 14.1. The summed E-state index contributed by atoms with van der Waals surface area (Å²) in [6.45, 7) is 0. The van der Waals surface area contributed by atoms with Gasteiger partial charge in [-0.1, -0.05) is 146 Å². The molecule has 4 aromatic carbocycles. The summed E-state index contributed by atoms with van der Waals surface area (Å²) >= 11 is 0. The predicted octanol–water partition coefficient (Wildman–Crippen LogP) is 9.47. The van der Waals surface area contributed by atoms with Gasteiger partial charge in [0.05, 0.1) is 11.4 Å². The van der Waals surface area contributed by atoms with Crippen LogP contribution < -0.4 is 9.97 Å². The normalized spacial score (nSPS) is 12.2. The fraction of sp³-hybridized carbons (Fsp3) is 0. The number of hydrogen-bond acceptors (Lipinski definition) is 4. The van der Waals surface area contributed by atoms with Crippen LogP contribution in [0.1, 0.15) is 32.4 Å². The van der Waals surface area contributed by atoms with Crippen LogP contribution in [0, 0.1) is 0 Å². The van der Waals surface area contributed by atoms with E-state index >= 15 is 0 Å². The Kier molecular flexibility index (Phi) is 8.31. The van der Waals surface area contributed by atoms with Crippen molar-refractivity contribution in [3.8, 4) is 44.5 Å². The van der Waals surface area contributed by atoms with Crippen LogP contribution in [0.25, 0.3) is 78.7 Å². The average molecular weight is 838 g/mol. The summed E-state index contributed by atoms with van der Waals surface area (Å²) in [5, 5.41) is 0. The molecule has 6 nitrogen and oxygen atoms in total. The van der Waals surface area contributed by atoms with Crippen molar-refractivity contribution in [3.05, 3.63) is 168 Å². The molecule has 0 saturated carbocycles. The predicted molar refractivity (Wildman–Crippen MR) is 198 cm³/mol. The van der Waals surface area contributed by atoms with Gasteiger partial charge < -0.3 is 9.97 Å². The van der Waals surface area contributed by atoms with Crippen molar-refractivity contribution in [2.45, 2.75) is 0 Å². The zero-order valence-electron chi connectivity index (χ0n) is 26.9. The van der Waals surface area contributed by atoms with Gasteiger partial charge in [0, 0.05) is 0 Å². The van der Waals surface area contributed by atoms with E-state index < -0.39 is 11.6 Å². The molecule has 51 heavy (non-hydrogen) atoms. The van der Waals surface area contributed by atoms with Gasteiger partial charge >= 0.3 is 21.1 Å². The molecule has 0 amide bonds. The van der Waals surface area contributed by atoms with Crippen molar-refractivity contribution < 1.29 is 30.7 Å². The molecule has 0 unspecified atom stereocenters. The number of aromatic nitrogens is 4. The minimum Gasteiger partial charge on any atom is -0.657 e. The van der Waals surface area contributed by atoms with Gasteiger partial charge in [-0.2, -0.15) is 0 Å². The number of benzene rings is 4.